The lowest BCUT2D eigenvalue weighted by Gasteiger charge is -2.18. The first kappa shape index (κ1) is 20.8. The maximum absolute atomic E-state index is 10.3. The Balaban J connectivity index is 1.34. The number of aromatic nitrogens is 6. The fraction of sp³-hybridized carbons (Fsp3) is 0.526. The van der Waals surface area contributed by atoms with Crippen molar-refractivity contribution >= 4 is 22.8 Å². The summed E-state index contributed by atoms with van der Waals surface area (Å²) in [6, 6.07) is 1.90. The van der Waals surface area contributed by atoms with Gasteiger partial charge in [0.1, 0.15) is 36.8 Å². The van der Waals surface area contributed by atoms with Gasteiger partial charge in [0.2, 0.25) is 5.88 Å². The van der Waals surface area contributed by atoms with Gasteiger partial charge in [0, 0.05) is 25.2 Å². The molecule has 0 spiro atoms. The molecule has 0 unspecified atom stereocenters. The van der Waals surface area contributed by atoms with Crippen LogP contribution in [0.3, 0.4) is 0 Å². The van der Waals surface area contributed by atoms with Crippen LogP contribution < -0.4 is 15.0 Å². The Labute approximate surface area is 182 Å². The van der Waals surface area contributed by atoms with Gasteiger partial charge >= 0.3 is 0 Å². The van der Waals surface area contributed by atoms with Crippen LogP contribution in [0.5, 0.6) is 5.88 Å². The number of nitrogens with zero attached hydrogens (tertiary/aromatic N) is 7. The van der Waals surface area contributed by atoms with Crippen molar-refractivity contribution in [1.29, 1.82) is 0 Å². The largest absolute Gasteiger partial charge is 0.481 e. The molecule has 13 nitrogen and oxygen atoms in total. The SMILES string of the molecule is COc1cc(N2CC[C@H](Nc3ncnc4c3ncn4[C@@H]3O[C@H](CO)[C@H](O)[C@@H]3O)C2)ncn1. The smallest absolute Gasteiger partial charge is 0.218 e. The molecule has 13 heteroatoms. The maximum atomic E-state index is 10.3. The topological polar surface area (TPSA) is 164 Å². The Morgan fingerprint density at radius 3 is 2.78 bits per heavy atom. The van der Waals surface area contributed by atoms with E-state index in [9.17, 15) is 15.3 Å². The third-order valence-electron chi connectivity index (χ3n) is 5.84. The molecule has 0 aliphatic carbocycles. The van der Waals surface area contributed by atoms with Gasteiger partial charge in [-0.25, -0.2) is 24.9 Å². The number of anilines is 2. The number of rotatable bonds is 6. The molecule has 170 valence electrons. The molecule has 2 aliphatic heterocycles. The zero-order valence-corrected chi connectivity index (χ0v) is 17.3. The van der Waals surface area contributed by atoms with E-state index in [4.69, 9.17) is 9.47 Å². The van der Waals surface area contributed by atoms with Crippen LogP contribution >= 0.6 is 0 Å². The quantitative estimate of drug-likeness (QED) is 0.364. The van der Waals surface area contributed by atoms with Crippen molar-refractivity contribution in [2.24, 2.45) is 0 Å². The molecule has 5 rings (SSSR count). The lowest BCUT2D eigenvalue weighted by molar-refractivity contribution is -0.0511. The zero-order chi connectivity index (χ0) is 22.2. The second kappa shape index (κ2) is 8.43. The van der Waals surface area contributed by atoms with E-state index in [0.717, 1.165) is 18.8 Å². The van der Waals surface area contributed by atoms with Crippen molar-refractivity contribution < 1.29 is 24.8 Å². The zero-order valence-electron chi connectivity index (χ0n) is 17.3. The highest BCUT2D eigenvalue weighted by Crippen LogP contribution is 2.32. The molecule has 0 aromatic carbocycles. The maximum Gasteiger partial charge on any atom is 0.218 e. The molecular weight excluding hydrogens is 420 g/mol. The van der Waals surface area contributed by atoms with Crippen LogP contribution in [0, 0.1) is 0 Å². The third-order valence-corrected chi connectivity index (χ3v) is 5.84. The molecule has 5 atom stereocenters. The number of hydrogen-bond donors (Lipinski definition) is 4. The summed E-state index contributed by atoms with van der Waals surface area (Å²) < 4.78 is 12.3. The van der Waals surface area contributed by atoms with Crippen LogP contribution in [0.4, 0.5) is 11.6 Å². The Morgan fingerprint density at radius 1 is 1.16 bits per heavy atom. The Bertz CT molecular complexity index is 1100. The number of nitrogens with one attached hydrogen (secondary N) is 1. The molecule has 2 aliphatic rings. The molecular formula is C19H24N8O5. The fourth-order valence-corrected chi connectivity index (χ4v) is 4.15. The monoisotopic (exact) mass is 444 g/mol. The van der Waals surface area contributed by atoms with Gasteiger partial charge < -0.3 is 35.0 Å². The lowest BCUT2D eigenvalue weighted by atomic mass is 10.1. The molecule has 2 fully saturated rings. The summed E-state index contributed by atoms with van der Waals surface area (Å²) in [4.78, 5) is 23.5. The van der Waals surface area contributed by atoms with Crippen molar-refractivity contribution in [3.05, 3.63) is 25.0 Å². The second-order valence-corrected chi connectivity index (χ2v) is 7.77. The summed E-state index contributed by atoms with van der Waals surface area (Å²) in [7, 11) is 1.57. The van der Waals surface area contributed by atoms with Crippen LogP contribution in [0.1, 0.15) is 12.6 Å². The van der Waals surface area contributed by atoms with Crippen LogP contribution in [0.15, 0.2) is 25.0 Å². The van der Waals surface area contributed by atoms with E-state index in [-0.39, 0.29) is 6.04 Å². The molecule has 5 heterocycles. The first-order valence-electron chi connectivity index (χ1n) is 10.3. The van der Waals surface area contributed by atoms with E-state index in [1.807, 2.05) is 0 Å². The van der Waals surface area contributed by atoms with Crippen molar-refractivity contribution in [1.82, 2.24) is 29.5 Å². The van der Waals surface area contributed by atoms with Gasteiger partial charge in [0.05, 0.1) is 20.0 Å². The van der Waals surface area contributed by atoms with Crippen molar-refractivity contribution in [3.8, 4) is 5.88 Å². The summed E-state index contributed by atoms with van der Waals surface area (Å²) in [6.45, 7) is 1.11. The van der Waals surface area contributed by atoms with Crippen LogP contribution in [-0.4, -0.2) is 96.0 Å². The molecule has 0 saturated carbocycles. The second-order valence-electron chi connectivity index (χ2n) is 7.77. The predicted molar refractivity (Wildman–Crippen MR) is 111 cm³/mol. The van der Waals surface area contributed by atoms with E-state index in [1.54, 1.807) is 17.7 Å². The molecule has 4 N–H and O–H groups in total. The van der Waals surface area contributed by atoms with Gasteiger partial charge in [0.25, 0.3) is 0 Å². The number of hydrogen-bond acceptors (Lipinski definition) is 12. The Morgan fingerprint density at radius 2 is 2.00 bits per heavy atom. The number of aliphatic hydroxyl groups excluding tert-OH is 3. The van der Waals surface area contributed by atoms with Crippen LogP contribution in [0.2, 0.25) is 0 Å². The first-order chi connectivity index (χ1) is 15.6. The van der Waals surface area contributed by atoms with E-state index < -0.39 is 31.1 Å². The minimum atomic E-state index is -1.22. The number of methoxy groups -OCH3 is 1. The molecule has 3 aromatic heterocycles. The number of aliphatic hydroxyl groups is 3. The van der Waals surface area contributed by atoms with E-state index in [2.05, 4.69) is 35.1 Å². The number of fused-ring (bicyclic) bond motifs is 1. The normalized spacial score (nSPS) is 27.9. The summed E-state index contributed by atoms with van der Waals surface area (Å²) >= 11 is 0. The van der Waals surface area contributed by atoms with Gasteiger partial charge in [-0.1, -0.05) is 0 Å². The summed E-state index contributed by atoms with van der Waals surface area (Å²) in [5, 5.41) is 33.2. The molecule has 0 radical (unpaired) electrons. The van der Waals surface area contributed by atoms with E-state index in [0.29, 0.717) is 29.4 Å². The highest BCUT2D eigenvalue weighted by Gasteiger charge is 2.44. The average Bonchev–Trinajstić information content (AvgIpc) is 3.53. The average molecular weight is 444 g/mol. The van der Waals surface area contributed by atoms with Crippen molar-refractivity contribution in [2.45, 2.75) is 37.0 Å². The number of imidazole rings is 1. The van der Waals surface area contributed by atoms with Gasteiger partial charge in [0.15, 0.2) is 23.2 Å². The van der Waals surface area contributed by atoms with Crippen molar-refractivity contribution in [3.63, 3.8) is 0 Å². The molecule has 32 heavy (non-hydrogen) atoms. The minimum absolute atomic E-state index is 0.105. The van der Waals surface area contributed by atoms with Crippen LogP contribution in [-0.2, 0) is 4.74 Å². The summed E-state index contributed by atoms with van der Waals surface area (Å²) in [6.07, 6.45) is 1.03. The Kier molecular flexibility index (Phi) is 5.46. The summed E-state index contributed by atoms with van der Waals surface area (Å²) in [5.41, 5.74) is 0.972. The van der Waals surface area contributed by atoms with Crippen LogP contribution in [0.25, 0.3) is 11.2 Å². The standard InChI is InChI=1S/C19H24N8O5/c1-31-13-4-12(20-7-21-13)26-3-2-10(5-26)25-17-14-18(23-8-22-17)27(9-24-14)19-16(30)15(29)11(6-28)32-19/h4,7-11,15-16,19,28-30H,2-3,5-6H2,1H3,(H,22,23,25)/t10-,11+,15-,16-,19+/m0/s1. The number of ether oxygens (including phenoxy) is 2. The highest BCUT2D eigenvalue weighted by atomic mass is 16.6. The van der Waals surface area contributed by atoms with Gasteiger partial charge in [-0.3, -0.25) is 4.57 Å². The van der Waals surface area contributed by atoms with Gasteiger partial charge in [-0.2, -0.15) is 0 Å². The highest BCUT2D eigenvalue weighted by molar-refractivity contribution is 5.83. The first-order valence-corrected chi connectivity index (χ1v) is 10.3. The van der Waals surface area contributed by atoms with Gasteiger partial charge in [-0.05, 0) is 6.42 Å². The lowest BCUT2D eigenvalue weighted by Crippen LogP contribution is -2.33. The Hall–Kier alpha value is -3.13. The molecule has 3 aromatic rings. The van der Waals surface area contributed by atoms with E-state index in [1.165, 1.54) is 19.0 Å². The van der Waals surface area contributed by atoms with E-state index >= 15 is 0 Å². The molecule has 0 amide bonds. The van der Waals surface area contributed by atoms with Gasteiger partial charge in [-0.15, -0.1) is 0 Å². The van der Waals surface area contributed by atoms with Crippen molar-refractivity contribution in [2.75, 3.05) is 37.0 Å². The molecule has 0 bridgehead atoms. The summed E-state index contributed by atoms with van der Waals surface area (Å²) in [5.74, 6) is 1.87. The predicted octanol–water partition coefficient (Wildman–Crippen LogP) is -1.07. The minimum Gasteiger partial charge on any atom is -0.481 e. The molecule has 2 saturated heterocycles. The fourth-order valence-electron chi connectivity index (χ4n) is 4.15. The third kappa shape index (κ3) is 3.58.